The molecule has 0 aliphatic rings. The van der Waals surface area contributed by atoms with E-state index in [1.54, 1.807) is 12.3 Å². The Morgan fingerprint density at radius 3 is 2.52 bits per heavy atom. The summed E-state index contributed by atoms with van der Waals surface area (Å²) in [4.78, 5) is 41.0. The van der Waals surface area contributed by atoms with Crippen molar-refractivity contribution in [2.24, 2.45) is 0 Å². The summed E-state index contributed by atoms with van der Waals surface area (Å²) in [6.45, 7) is 2.03. The molecular weight excluding hydrogens is 368 g/mol. The van der Waals surface area contributed by atoms with E-state index in [4.69, 9.17) is 0 Å². The molecule has 3 aromatic rings. The van der Waals surface area contributed by atoms with Gasteiger partial charge in [-0.3, -0.25) is 19.4 Å². The average molecular weight is 390 g/mol. The van der Waals surface area contributed by atoms with Gasteiger partial charge in [0, 0.05) is 25.0 Å². The highest BCUT2D eigenvalue weighted by Crippen LogP contribution is 2.09. The van der Waals surface area contributed by atoms with Gasteiger partial charge in [-0.1, -0.05) is 36.4 Å². The molecule has 148 valence electrons. The van der Waals surface area contributed by atoms with Crippen LogP contribution >= 0.6 is 0 Å². The lowest BCUT2D eigenvalue weighted by Gasteiger charge is -2.14. The highest BCUT2D eigenvalue weighted by atomic mass is 16.2. The minimum atomic E-state index is -0.353. The maximum Gasteiger partial charge on any atom is 0.253 e. The zero-order valence-corrected chi connectivity index (χ0v) is 16.0. The third kappa shape index (κ3) is 5.62. The number of carbonyl (C=O) groups excluding carboxylic acids is 2. The summed E-state index contributed by atoms with van der Waals surface area (Å²) in [5.74, 6) is -0.656. The quantitative estimate of drug-likeness (QED) is 0.646. The average Bonchev–Trinajstić information content (AvgIpc) is 2.75. The Morgan fingerprint density at radius 1 is 1.03 bits per heavy atom. The second-order valence-corrected chi connectivity index (χ2v) is 6.60. The van der Waals surface area contributed by atoms with Gasteiger partial charge in [0.1, 0.15) is 6.54 Å². The van der Waals surface area contributed by atoms with Gasteiger partial charge >= 0.3 is 0 Å². The van der Waals surface area contributed by atoms with Gasteiger partial charge in [0.2, 0.25) is 5.91 Å². The molecule has 7 heteroatoms. The molecule has 1 unspecified atom stereocenters. The van der Waals surface area contributed by atoms with Crippen LogP contribution in [-0.4, -0.2) is 21.4 Å². The van der Waals surface area contributed by atoms with E-state index in [9.17, 15) is 14.4 Å². The van der Waals surface area contributed by atoms with Crippen molar-refractivity contribution in [1.29, 1.82) is 0 Å². The Bertz CT molecular complexity index is 1030. The van der Waals surface area contributed by atoms with Crippen LogP contribution < -0.4 is 16.2 Å². The highest BCUT2D eigenvalue weighted by molar-refractivity contribution is 5.94. The lowest BCUT2D eigenvalue weighted by Crippen LogP contribution is -2.33. The van der Waals surface area contributed by atoms with E-state index < -0.39 is 0 Å². The predicted octanol–water partition coefficient (Wildman–Crippen LogP) is 2.05. The number of hydrogen-bond donors (Lipinski definition) is 2. The van der Waals surface area contributed by atoms with Crippen molar-refractivity contribution < 1.29 is 9.59 Å². The molecule has 0 spiro atoms. The lowest BCUT2D eigenvalue weighted by atomic mass is 10.2. The number of nitrogens with zero attached hydrogens (tertiary/aromatic N) is 2. The van der Waals surface area contributed by atoms with Crippen LogP contribution in [0, 0.1) is 0 Å². The second kappa shape index (κ2) is 9.45. The first-order valence-electron chi connectivity index (χ1n) is 9.26. The van der Waals surface area contributed by atoms with Crippen molar-refractivity contribution in [3.8, 4) is 0 Å². The summed E-state index contributed by atoms with van der Waals surface area (Å²) < 4.78 is 1.22. The summed E-state index contributed by atoms with van der Waals surface area (Å²) in [6.07, 6.45) is 3.05. The Balaban J connectivity index is 1.63. The molecule has 0 aliphatic carbocycles. The number of rotatable bonds is 7. The Kier molecular flexibility index (Phi) is 6.52. The van der Waals surface area contributed by atoms with Crippen LogP contribution in [0.3, 0.4) is 0 Å². The summed E-state index contributed by atoms with van der Waals surface area (Å²) in [5, 5.41) is 5.61. The van der Waals surface area contributed by atoms with Gasteiger partial charge in [-0.2, -0.15) is 0 Å². The standard InChI is InChI=1S/C22H22N4O3/c1-16(19-9-5-6-12-23-19)25-22(29)18-10-11-21(28)26(14-18)15-20(27)24-13-17-7-3-2-4-8-17/h2-12,14,16H,13,15H2,1H3,(H,24,27)(H,25,29). The molecule has 2 N–H and O–H groups in total. The number of aromatic nitrogens is 2. The maximum atomic E-state index is 12.5. The summed E-state index contributed by atoms with van der Waals surface area (Å²) in [7, 11) is 0. The molecular formula is C22H22N4O3. The Morgan fingerprint density at radius 2 is 1.79 bits per heavy atom. The number of pyridine rings is 2. The van der Waals surface area contributed by atoms with Gasteiger partial charge in [0.15, 0.2) is 0 Å². The molecule has 0 saturated carbocycles. The molecule has 0 fully saturated rings. The number of benzene rings is 1. The van der Waals surface area contributed by atoms with Crippen LogP contribution in [0.15, 0.2) is 77.9 Å². The fourth-order valence-electron chi connectivity index (χ4n) is 2.78. The van der Waals surface area contributed by atoms with E-state index in [0.29, 0.717) is 12.1 Å². The van der Waals surface area contributed by atoms with Crippen LogP contribution in [0.1, 0.15) is 34.6 Å². The third-order valence-corrected chi connectivity index (χ3v) is 4.37. The highest BCUT2D eigenvalue weighted by Gasteiger charge is 2.14. The van der Waals surface area contributed by atoms with Gasteiger partial charge in [0.05, 0.1) is 17.3 Å². The van der Waals surface area contributed by atoms with Crippen molar-refractivity contribution in [2.75, 3.05) is 0 Å². The van der Waals surface area contributed by atoms with Crippen molar-refractivity contribution in [1.82, 2.24) is 20.2 Å². The number of nitrogens with one attached hydrogen (secondary N) is 2. The first-order valence-corrected chi connectivity index (χ1v) is 9.26. The fraction of sp³-hybridized carbons (Fsp3) is 0.182. The van der Waals surface area contributed by atoms with Crippen molar-refractivity contribution in [3.05, 3.63) is 100 Å². The SMILES string of the molecule is CC(NC(=O)c1ccc(=O)n(CC(=O)NCc2ccccc2)c1)c1ccccn1. The first kappa shape index (κ1) is 20.0. The first-order chi connectivity index (χ1) is 14.0. The number of amides is 2. The lowest BCUT2D eigenvalue weighted by molar-refractivity contribution is -0.121. The molecule has 29 heavy (non-hydrogen) atoms. The molecule has 0 aliphatic heterocycles. The molecule has 2 aromatic heterocycles. The Labute approximate surface area is 168 Å². The number of carbonyl (C=O) groups is 2. The molecule has 3 rings (SSSR count). The molecule has 1 atom stereocenters. The largest absolute Gasteiger partial charge is 0.350 e. The monoisotopic (exact) mass is 390 g/mol. The second-order valence-electron chi connectivity index (χ2n) is 6.60. The normalized spacial score (nSPS) is 11.5. The summed E-state index contributed by atoms with van der Waals surface area (Å²) in [6, 6.07) is 17.4. The van der Waals surface area contributed by atoms with Crippen LogP contribution in [0.25, 0.3) is 0 Å². The topological polar surface area (TPSA) is 93.1 Å². The molecule has 7 nitrogen and oxygen atoms in total. The molecule has 2 amide bonds. The molecule has 0 saturated heterocycles. The smallest absolute Gasteiger partial charge is 0.253 e. The third-order valence-electron chi connectivity index (χ3n) is 4.37. The van der Waals surface area contributed by atoms with E-state index >= 15 is 0 Å². The molecule has 1 aromatic carbocycles. The van der Waals surface area contributed by atoms with Gasteiger partial charge in [-0.05, 0) is 30.7 Å². The van der Waals surface area contributed by atoms with E-state index in [1.165, 1.54) is 22.9 Å². The van der Waals surface area contributed by atoms with E-state index in [0.717, 1.165) is 11.3 Å². The van der Waals surface area contributed by atoms with Crippen molar-refractivity contribution in [3.63, 3.8) is 0 Å². The molecule has 2 heterocycles. The van der Waals surface area contributed by atoms with Gasteiger partial charge in [-0.15, -0.1) is 0 Å². The van der Waals surface area contributed by atoms with Crippen LogP contribution in [0.4, 0.5) is 0 Å². The Hall–Kier alpha value is -3.74. The van der Waals surface area contributed by atoms with Crippen molar-refractivity contribution >= 4 is 11.8 Å². The summed E-state index contributed by atoms with van der Waals surface area (Å²) in [5.41, 5.74) is 1.64. The van der Waals surface area contributed by atoms with E-state index in [1.807, 2.05) is 49.4 Å². The van der Waals surface area contributed by atoms with Crippen LogP contribution in [-0.2, 0) is 17.9 Å². The van der Waals surface area contributed by atoms with E-state index in [2.05, 4.69) is 15.6 Å². The summed E-state index contributed by atoms with van der Waals surface area (Å²) >= 11 is 0. The molecule has 0 bridgehead atoms. The van der Waals surface area contributed by atoms with Crippen LogP contribution in [0.5, 0.6) is 0 Å². The number of hydrogen-bond acceptors (Lipinski definition) is 4. The minimum absolute atomic E-state index is 0.164. The van der Waals surface area contributed by atoms with Crippen molar-refractivity contribution in [2.45, 2.75) is 26.1 Å². The van der Waals surface area contributed by atoms with Crippen LogP contribution in [0.2, 0.25) is 0 Å². The van der Waals surface area contributed by atoms with Gasteiger partial charge in [0.25, 0.3) is 11.5 Å². The van der Waals surface area contributed by atoms with Gasteiger partial charge in [-0.25, -0.2) is 0 Å². The van der Waals surface area contributed by atoms with Gasteiger partial charge < -0.3 is 15.2 Å². The van der Waals surface area contributed by atoms with E-state index in [-0.39, 0.29) is 30.0 Å². The molecule has 0 radical (unpaired) electrons. The minimum Gasteiger partial charge on any atom is -0.350 e. The fourth-order valence-corrected chi connectivity index (χ4v) is 2.78. The maximum absolute atomic E-state index is 12.5. The zero-order valence-electron chi connectivity index (χ0n) is 16.0. The zero-order chi connectivity index (χ0) is 20.6. The predicted molar refractivity (Wildman–Crippen MR) is 109 cm³/mol.